The van der Waals surface area contributed by atoms with E-state index >= 15 is 0 Å². The van der Waals surface area contributed by atoms with E-state index in [4.69, 9.17) is 4.42 Å². The van der Waals surface area contributed by atoms with Gasteiger partial charge >= 0.3 is 0 Å². The molecule has 4 aromatic rings. The largest absolute Gasteiger partial charge is 0.423 e. The molecule has 0 spiro atoms. The number of nitrogens with one attached hydrogen (secondary N) is 1. The summed E-state index contributed by atoms with van der Waals surface area (Å²) in [5.74, 6) is 0.386. The average Bonchev–Trinajstić information content (AvgIpc) is 3.31. The molecular weight excluding hydrogens is 328 g/mol. The zero-order chi connectivity index (χ0) is 17.9. The highest BCUT2D eigenvalue weighted by atomic mass is 16.4. The second-order valence-electron chi connectivity index (χ2n) is 6.13. The number of aromatic nitrogens is 3. The molecule has 0 aliphatic heterocycles. The number of carbonyl (C=O) groups is 1. The zero-order valence-corrected chi connectivity index (χ0v) is 14.3. The lowest BCUT2D eigenvalue weighted by atomic mass is 10.1. The minimum Gasteiger partial charge on any atom is -0.423 e. The van der Waals surface area contributed by atoms with Gasteiger partial charge in [-0.05, 0) is 18.6 Å². The Hall–Kier alpha value is -3.41. The van der Waals surface area contributed by atoms with Gasteiger partial charge in [-0.15, -0.1) is 10.2 Å². The zero-order valence-electron chi connectivity index (χ0n) is 14.3. The van der Waals surface area contributed by atoms with Gasteiger partial charge in [-0.25, -0.2) is 0 Å². The highest BCUT2D eigenvalue weighted by molar-refractivity contribution is 5.94. The van der Waals surface area contributed by atoms with E-state index in [1.54, 1.807) is 0 Å². The van der Waals surface area contributed by atoms with Crippen LogP contribution in [0.15, 0.2) is 71.6 Å². The monoisotopic (exact) mass is 346 g/mol. The van der Waals surface area contributed by atoms with Crippen LogP contribution >= 0.6 is 0 Å². The van der Waals surface area contributed by atoms with Crippen LogP contribution in [0.4, 0.5) is 0 Å². The number of hydrogen-bond donors (Lipinski definition) is 1. The molecule has 1 amide bonds. The van der Waals surface area contributed by atoms with Gasteiger partial charge in [0.25, 0.3) is 0 Å². The van der Waals surface area contributed by atoms with Crippen molar-refractivity contribution in [3.63, 3.8) is 0 Å². The van der Waals surface area contributed by atoms with Gasteiger partial charge in [0.05, 0.1) is 11.6 Å². The Morgan fingerprint density at radius 3 is 2.69 bits per heavy atom. The summed E-state index contributed by atoms with van der Waals surface area (Å²) in [5.41, 5.74) is 2.84. The molecule has 1 N–H and O–H groups in total. The maximum atomic E-state index is 12.6. The Morgan fingerprint density at radius 1 is 1.15 bits per heavy atom. The number of amides is 1. The van der Waals surface area contributed by atoms with Gasteiger partial charge in [0.1, 0.15) is 6.54 Å². The van der Waals surface area contributed by atoms with Crippen molar-refractivity contribution in [2.75, 3.05) is 0 Å². The minimum atomic E-state index is -0.0563. The van der Waals surface area contributed by atoms with Crippen LogP contribution in [0.1, 0.15) is 18.5 Å². The van der Waals surface area contributed by atoms with Gasteiger partial charge in [-0.2, -0.15) is 0 Å². The summed E-state index contributed by atoms with van der Waals surface area (Å²) in [6.45, 7) is 2.19. The highest BCUT2D eigenvalue weighted by Gasteiger charge is 2.16. The molecule has 0 aliphatic carbocycles. The Morgan fingerprint density at radius 2 is 1.92 bits per heavy atom. The summed E-state index contributed by atoms with van der Waals surface area (Å²) < 4.78 is 7.24. The number of rotatable bonds is 5. The SMILES string of the molecule is CC(NC(=O)Cn1cc(-c2nnco2)c2ccccc21)c1ccccc1. The van der Waals surface area contributed by atoms with Crippen LogP contribution < -0.4 is 5.32 Å². The molecule has 2 heterocycles. The van der Waals surface area contributed by atoms with Crippen LogP contribution in [-0.4, -0.2) is 20.7 Å². The van der Waals surface area contributed by atoms with E-state index in [1.807, 2.05) is 72.3 Å². The Labute approximate surface area is 150 Å². The van der Waals surface area contributed by atoms with Crippen molar-refractivity contribution >= 4 is 16.8 Å². The Bertz CT molecular complexity index is 1020. The lowest BCUT2D eigenvalue weighted by molar-refractivity contribution is -0.122. The van der Waals surface area contributed by atoms with Gasteiger partial charge in [0, 0.05) is 17.1 Å². The maximum absolute atomic E-state index is 12.6. The molecule has 0 saturated heterocycles. The predicted molar refractivity (Wildman–Crippen MR) is 98.2 cm³/mol. The van der Waals surface area contributed by atoms with E-state index in [0.717, 1.165) is 22.0 Å². The smallest absolute Gasteiger partial charge is 0.249 e. The van der Waals surface area contributed by atoms with E-state index in [0.29, 0.717) is 5.89 Å². The molecule has 130 valence electrons. The normalized spacial score (nSPS) is 12.2. The van der Waals surface area contributed by atoms with Crippen molar-refractivity contribution in [2.45, 2.75) is 19.5 Å². The molecule has 6 heteroatoms. The lowest BCUT2D eigenvalue weighted by Crippen LogP contribution is -2.29. The van der Waals surface area contributed by atoms with Crippen LogP contribution in [-0.2, 0) is 11.3 Å². The fourth-order valence-electron chi connectivity index (χ4n) is 3.11. The number of hydrogen-bond acceptors (Lipinski definition) is 4. The van der Waals surface area contributed by atoms with Crippen molar-refractivity contribution < 1.29 is 9.21 Å². The van der Waals surface area contributed by atoms with Gasteiger partial charge in [-0.3, -0.25) is 4.79 Å². The lowest BCUT2D eigenvalue weighted by Gasteiger charge is -2.15. The third-order valence-corrected chi connectivity index (χ3v) is 4.37. The second-order valence-corrected chi connectivity index (χ2v) is 6.13. The van der Waals surface area contributed by atoms with E-state index in [2.05, 4.69) is 15.5 Å². The molecule has 2 aromatic carbocycles. The van der Waals surface area contributed by atoms with Crippen LogP contribution in [0, 0.1) is 0 Å². The van der Waals surface area contributed by atoms with E-state index in [1.165, 1.54) is 6.39 Å². The molecule has 0 aliphatic rings. The maximum Gasteiger partial charge on any atom is 0.249 e. The average molecular weight is 346 g/mol. The van der Waals surface area contributed by atoms with Gasteiger partial charge in [0.15, 0.2) is 0 Å². The molecule has 0 saturated carbocycles. The number of nitrogens with zero attached hydrogens (tertiary/aromatic N) is 3. The first kappa shape index (κ1) is 16.1. The van der Waals surface area contributed by atoms with Gasteiger partial charge in [0.2, 0.25) is 18.2 Å². The summed E-state index contributed by atoms with van der Waals surface area (Å²) >= 11 is 0. The standard InChI is InChI=1S/C20H18N4O2/c1-14(15-7-3-2-4-8-15)22-19(25)12-24-11-17(20-23-21-13-26-20)16-9-5-6-10-18(16)24/h2-11,13-14H,12H2,1H3,(H,22,25). The number of carbonyl (C=O) groups excluding carboxylic acids is 1. The molecular formula is C20H18N4O2. The van der Waals surface area contributed by atoms with Crippen LogP contribution in [0.5, 0.6) is 0 Å². The van der Waals surface area contributed by atoms with Crippen molar-refractivity contribution in [2.24, 2.45) is 0 Å². The Kier molecular flexibility index (Phi) is 4.23. The van der Waals surface area contributed by atoms with Crippen LogP contribution in [0.3, 0.4) is 0 Å². The molecule has 26 heavy (non-hydrogen) atoms. The number of benzene rings is 2. The summed E-state index contributed by atoms with van der Waals surface area (Å²) in [4.78, 5) is 12.6. The number of fused-ring (bicyclic) bond motifs is 1. The fourth-order valence-corrected chi connectivity index (χ4v) is 3.11. The van der Waals surface area contributed by atoms with E-state index in [-0.39, 0.29) is 18.5 Å². The summed E-state index contributed by atoms with van der Waals surface area (Å²) in [7, 11) is 0. The van der Waals surface area contributed by atoms with Crippen LogP contribution in [0.25, 0.3) is 22.4 Å². The number of para-hydroxylation sites is 1. The van der Waals surface area contributed by atoms with E-state index in [9.17, 15) is 4.79 Å². The molecule has 1 atom stereocenters. The molecule has 0 fully saturated rings. The molecule has 2 aromatic heterocycles. The summed E-state index contributed by atoms with van der Waals surface area (Å²) in [5, 5.41) is 11.7. The third kappa shape index (κ3) is 3.09. The second kappa shape index (κ2) is 6.84. The van der Waals surface area contributed by atoms with Crippen LogP contribution in [0.2, 0.25) is 0 Å². The first-order valence-electron chi connectivity index (χ1n) is 8.41. The molecule has 6 nitrogen and oxygen atoms in total. The van der Waals surface area contributed by atoms with Crippen molar-refractivity contribution in [1.29, 1.82) is 0 Å². The first-order chi connectivity index (χ1) is 12.7. The van der Waals surface area contributed by atoms with Crippen molar-refractivity contribution in [3.8, 4) is 11.5 Å². The Balaban J connectivity index is 1.58. The predicted octanol–water partition coefficient (Wildman–Crippen LogP) is 3.57. The minimum absolute atomic E-state index is 0.0547. The third-order valence-electron chi connectivity index (χ3n) is 4.37. The first-order valence-corrected chi connectivity index (χ1v) is 8.41. The van der Waals surface area contributed by atoms with E-state index < -0.39 is 0 Å². The molecule has 1 unspecified atom stereocenters. The summed E-state index contributed by atoms with van der Waals surface area (Å²) in [6, 6.07) is 17.7. The summed E-state index contributed by atoms with van der Waals surface area (Å²) in [6.07, 6.45) is 3.18. The quantitative estimate of drug-likeness (QED) is 0.599. The highest BCUT2D eigenvalue weighted by Crippen LogP contribution is 2.29. The topological polar surface area (TPSA) is 73.0 Å². The molecule has 4 rings (SSSR count). The fraction of sp³-hybridized carbons (Fsp3) is 0.150. The van der Waals surface area contributed by atoms with Gasteiger partial charge < -0.3 is 14.3 Å². The van der Waals surface area contributed by atoms with Crippen molar-refractivity contribution in [3.05, 3.63) is 72.8 Å². The molecule has 0 radical (unpaired) electrons. The molecule has 0 bridgehead atoms. The van der Waals surface area contributed by atoms with Crippen molar-refractivity contribution in [1.82, 2.24) is 20.1 Å². The van der Waals surface area contributed by atoms with Gasteiger partial charge in [-0.1, -0.05) is 48.5 Å².